The fourth-order valence-corrected chi connectivity index (χ4v) is 3.86. The van der Waals surface area contributed by atoms with Crippen LogP contribution in [0, 0.1) is 5.82 Å². The van der Waals surface area contributed by atoms with Crippen molar-refractivity contribution >= 4 is 22.6 Å². The minimum absolute atomic E-state index is 0.0951. The second kappa shape index (κ2) is 6.09. The molecule has 2 unspecified atom stereocenters. The lowest BCUT2D eigenvalue weighted by molar-refractivity contribution is -0.0467. The number of fused-ring (bicyclic) bond motifs is 2. The van der Waals surface area contributed by atoms with Crippen molar-refractivity contribution in [3.63, 3.8) is 0 Å². The van der Waals surface area contributed by atoms with E-state index in [2.05, 4.69) is 25.8 Å². The number of hydrogen-bond donors (Lipinski definition) is 1. The number of likely N-dealkylation sites (tertiary alicyclic amines) is 1. The number of pyridine rings is 1. The van der Waals surface area contributed by atoms with Crippen LogP contribution in [0.1, 0.15) is 18.9 Å². The quantitative estimate of drug-likeness (QED) is 0.512. The highest BCUT2D eigenvalue weighted by molar-refractivity contribution is 8.67. The summed E-state index contributed by atoms with van der Waals surface area (Å²) in [5.41, 5.74) is 0.910. The molecule has 20 heavy (non-hydrogen) atoms. The predicted molar refractivity (Wildman–Crippen MR) is 81.3 cm³/mol. The number of aromatic nitrogens is 1. The summed E-state index contributed by atoms with van der Waals surface area (Å²) < 4.78 is 21.2. The molecule has 0 aliphatic carbocycles. The maximum absolute atomic E-state index is 13.8. The Bertz CT molecular complexity index is 479. The van der Waals surface area contributed by atoms with Crippen LogP contribution in [-0.2, 0) is 6.54 Å². The van der Waals surface area contributed by atoms with E-state index in [9.17, 15) is 4.39 Å². The summed E-state index contributed by atoms with van der Waals surface area (Å²) >= 11 is 4.25. The van der Waals surface area contributed by atoms with E-state index >= 15 is 0 Å². The zero-order chi connectivity index (χ0) is 14.1. The molecule has 2 saturated heterocycles. The molecule has 0 saturated carbocycles. The van der Waals surface area contributed by atoms with E-state index in [-0.39, 0.29) is 11.7 Å². The van der Waals surface area contributed by atoms with Gasteiger partial charge in [0.1, 0.15) is 0 Å². The number of hydrogen-bond acceptors (Lipinski definition) is 6. The molecule has 0 N–H and O–H groups in total. The molecule has 2 aliphatic heterocycles. The van der Waals surface area contributed by atoms with Crippen LogP contribution in [0.3, 0.4) is 0 Å². The predicted octanol–water partition coefficient (Wildman–Crippen LogP) is 2.37. The monoisotopic (exact) mass is 315 g/mol. The van der Waals surface area contributed by atoms with Crippen molar-refractivity contribution in [2.45, 2.75) is 32.0 Å². The molecule has 2 fully saturated rings. The van der Waals surface area contributed by atoms with Gasteiger partial charge in [-0.25, -0.2) is 13.7 Å². The van der Waals surface area contributed by atoms with Gasteiger partial charge in [0, 0.05) is 37.9 Å². The van der Waals surface area contributed by atoms with Gasteiger partial charge in [0.2, 0.25) is 5.88 Å². The second-order valence-electron chi connectivity index (χ2n) is 5.21. The van der Waals surface area contributed by atoms with Crippen molar-refractivity contribution in [3.05, 3.63) is 23.6 Å². The number of rotatable bonds is 5. The highest BCUT2D eigenvalue weighted by Crippen LogP contribution is 2.36. The summed E-state index contributed by atoms with van der Waals surface area (Å²) in [5.74, 6) is -0.278. The summed E-state index contributed by atoms with van der Waals surface area (Å²) in [6.45, 7) is 5.06. The third-order valence-corrected chi connectivity index (χ3v) is 5.16. The first kappa shape index (κ1) is 14.4. The number of nitrogens with zero attached hydrogens (tertiary/aromatic N) is 3. The maximum Gasteiger partial charge on any atom is 0.250 e. The van der Waals surface area contributed by atoms with Gasteiger partial charge in [-0.15, -0.1) is 0 Å². The lowest BCUT2D eigenvalue weighted by Gasteiger charge is -2.55. The minimum Gasteiger partial charge on any atom is -0.476 e. The molecule has 0 aromatic carbocycles. The van der Waals surface area contributed by atoms with Gasteiger partial charge in [0.15, 0.2) is 5.82 Å². The van der Waals surface area contributed by atoms with Gasteiger partial charge >= 0.3 is 0 Å². The van der Waals surface area contributed by atoms with Crippen LogP contribution in [0.15, 0.2) is 12.3 Å². The van der Waals surface area contributed by atoms with Gasteiger partial charge in [0.25, 0.3) is 0 Å². The highest BCUT2D eigenvalue weighted by atomic mass is 33.1. The Hall–Kier alpha value is -0.500. The van der Waals surface area contributed by atoms with Gasteiger partial charge in [-0.3, -0.25) is 4.90 Å². The van der Waals surface area contributed by atoms with E-state index in [1.165, 1.54) is 23.5 Å². The van der Waals surface area contributed by atoms with Crippen molar-refractivity contribution in [1.82, 2.24) is 14.2 Å². The van der Waals surface area contributed by atoms with Crippen molar-refractivity contribution in [2.75, 3.05) is 19.7 Å². The van der Waals surface area contributed by atoms with Gasteiger partial charge < -0.3 is 4.74 Å². The standard InChI is InChI=1S/C13H18FN3OS2/c1-2-18-13-12(14)3-9(5-15-13)6-17-10-4-11(17)8-16(7-10)20-19/h3,5,10-11,19H,2,4,6-8H2,1H3. The van der Waals surface area contributed by atoms with E-state index in [0.717, 1.165) is 25.2 Å². The van der Waals surface area contributed by atoms with E-state index in [4.69, 9.17) is 4.74 Å². The van der Waals surface area contributed by atoms with Crippen LogP contribution in [0.25, 0.3) is 0 Å². The van der Waals surface area contributed by atoms with Gasteiger partial charge in [0.05, 0.1) is 6.61 Å². The molecular formula is C13H18FN3OS2. The minimum atomic E-state index is -0.373. The van der Waals surface area contributed by atoms with Gasteiger partial charge in [-0.2, -0.15) is 0 Å². The Labute approximate surface area is 127 Å². The van der Waals surface area contributed by atoms with E-state index in [1.807, 2.05) is 6.92 Å². The normalized spacial score (nSPS) is 26.4. The van der Waals surface area contributed by atoms with Crippen LogP contribution in [-0.4, -0.2) is 46.0 Å². The zero-order valence-electron chi connectivity index (χ0n) is 11.3. The molecule has 2 atom stereocenters. The largest absolute Gasteiger partial charge is 0.476 e. The number of thiol groups is 1. The molecule has 3 rings (SSSR count). The molecule has 2 aliphatic rings. The molecular weight excluding hydrogens is 297 g/mol. The smallest absolute Gasteiger partial charge is 0.250 e. The van der Waals surface area contributed by atoms with Crippen molar-refractivity contribution in [2.24, 2.45) is 0 Å². The Balaban J connectivity index is 1.63. The molecule has 1 aromatic rings. The number of ether oxygens (including phenoxy) is 1. The second-order valence-corrected chi connectivity index (χ2v) is 6.38. The molecule has 4 nitrogen and oxygen atoms in total. The van der Waals surface area contributed by atoms with E-state index in [1.54, 1.807) is 6.20 Å². The average Bonchev–Trinajstić information content (AvgIpc) is 2.47. The Morgan fingerprint density at radius 3 is 2.85 bits per heavy atom. The first-order valence-electron chi connectivity index (χ1n) is 6.80. The van der Waals surface area contributed by atoms with Crippen LogP contribution in [0.2, 0.25) is 0 Å². The van der Waals surface area contributed by atoms with Gasteiger partial charge in [-0.1, -0.05) is 11.7 Å². The van der Waals surface area contributed by atoms with Crippen molar-refractivity contribution < 1.29 is 9.13 Å². The molecule has 7 heteroatoms. The van der Waals surface area contributed by atoms with Gasteiger partial charge in [-0.05, 0) is 36.0 Å². The fraction of sp³-hybridized carbons (Fsp3) is 0.615. The third kappa shape index (κ3) is 2.77. The summed E-state index contributed by atoms with van der Waals surface area (Å²) in [5, 5.41) is 0. The molecule has 0 amide bonds. The molecule has 3 heterocycles. The lowest BCUT2D eigenvalue weighted by Crippen LogP contribution is -2.66. The topological polar surface area (TPSA) is 28.6 Å². The van der Waals surface area contributed by atoms with Crippen molar-refractivity contribution in [3.8, 4) is 5.88 Å². The fourth-order valence-electron chi connectivity index (χ4n) is 2.98. The molecule has 2 bridgehead atoms. The van der Waals surface area contributed by atoms with Crippen LogP contribution >= 0.6 is 22.6 Å². The molecule has 0 radical (unpaired) electrons. The molecule has 0 spiro atoms. The third-order valence-electron chi connectivity index (χ3n) is 3.94. The Morgan fingerprint density at radius 2 is 2.25 bits per heavy atom. The van der Waals surface area contributed by atoms with Crippen LogP contribution < -0.4 is 4.74 Å². The maximum atomic E-state index is 13.8. The summed E-state index contributed by atoms with van der Waals surface area (Å²) in [7, 11) is 1.51. The molecule has 110 valence electrons. The van der Waals surface area contributed by atoms with Crippen LogP contribution in [0.5, 0.6) is 5.88 Å². The number of piperazine rings is 1. The van der Waals surface area contributed by atoms with Crippen LogP contribution in [0.4, 0.5) is 4.39 Å². The Morgan fingerprint density at radius 1 is 1.50 bits per heavy atom. The van der Waals surface area contributed by atoms with E-state index in [0.29, 0.717) is 18.7 Å². The lowest BCUT2D eigenvalue weighted by atomic mass is 9.88. The number of halogens is 1. The zero-order valence-corrected chi connectivity index (χ0v) is 13.0. The van der Waals surface area contributed by atoms with E-state index < -0.39 is 0 Å². The first-order chi connectivity index (χ1) is 9.71. The first-order valence-corrected chi connectivity index (χ1v) is 8.63. The number of piperidine rings is 1. The summed E-state index contributed by atoms with van der Waals surface area (Å²) in [6.07, 6.45) is 2.95. The average molecular weight is 315 g/mol. The van der Waals surface area contributed by atoms with Crippen molar-refractivity contribution in [1.29, 1.82) is 0 Å². The summed E-state index contributed by atoms with van der Waals surface area (Å²) in [6, 6.07) is 2.66. The highest BCUT2D eigenvalue weighted by Gasteiger charge is 2.44. The molecule has 1 aromatic heterocycles. The Kier molecular flexibility index (Phi) is 4.40. The SMILES string of the molecule is CCOc1ncc(CN2C3CC2CN(SS)C3)cc1F. The summed E-state index contributed by atoms with van der Waals surface area (Å²) in [4.78, 5) is 6.48.